The van der Waals surface area contributed by atoms with E-state index >= 15 is 0 Å². The van der Waals surface area contributed by atoms with E-state index in [2.05, 4.69) is 6.07 Å². The summed E-state index contributed by atoms with van der Waals surface area (Å²) in [4.78, 5) is 29.1. The minimum atomic E-state index is -0.0243. The highest BCUT2D eigenvalue weighted by Crippen LogP contribution is 2.26. The number of hydrogen-bond donors (Lipinski definition) is 0. The maximum absolute atomic E-state index is 13.0. The molecule has 0 radical (unpaired) electrons. The number of amides is 2. The third-order valence-electron chi connectivity index (χ3n) is 5.82. The molecule has 4 rings (SSSR count). The second kappa shape index (κ2) is 9.20. The summed E-state index contributed by atoms with van der Waals surface area (Å²) in [5.74, 6) is 1.75. The lowest BCUT2D eigenvalue weighted by molar-refractivity contribution is -0.130. The van der Waals surface area contributed by atoms with Gasteiger partial charge in [-0.1, -0.05) is 12.1 Å². The molecule has 2 aliphatic heterocycles. The molecule has 2 amide bonds. The molecule has 0 spiro atoms. The molecule has 0 unspecified atom stereocenters. The molecule has 2 aromatic carbocycles. The van der Waals surface area contributed by atoms with Crippen molar-refractivity contribution in [3.05, 3.63) is 59.2 Å². The van der Waals surface area contributed by atoms with E-state index in [4.69, 9.17) is 9.47 Å². The van der Waals surface area contributed by atoms with Crippen molar-refractivity contribution in [2.75, 3.05) is 33.4 Å². The monoisotopic (exact) mass is 408 g/mol. The summed E-state index contributed by atoms with van der Waals surface area (Å²) in [5.41, 5.74) is 2.72. The average molecular weight is 408 g/mol. The fourth-order valence-corrected chi connectivity index (χ4v) is 4.07. The van der Waals surface area contributed by atoms with Gasteiger partial charge in [0.2, 0.25) is 5.91 Å². The van der Waals surface area contributed by atoms with Crippen LogP contribution in [-0.2, 0) is 17.8 Å². The van der Waals surface area contributed by atoms with E-state index in [1.165, 1.54) is 0 Å². The highest BCUT2D eigenvalue weighted by atomic mass is 16.5. The van der Waals surface area contributed by atoms with Crippen LogP contribution in [0.3, 0.4) is 0 Å². The number of hydrogen-bond acceptors (Lipinski definition) is 4. The Morgan fingerprint density at radius 1 is 1.00 bits per heavy atom. The zero-order chi connectivity index (χ0) is 20.9. The highest BCUT2D eigenvalue weighted by molar-refractivity contribution is 5.94. The van der Waals surface area contributed by atoms with Gasteiger partial charge in [0.15, 0.2) is 0 Å². The molecule has 30 heavy (non-hydrogen) atoms. The molecule has 2 aliphatic rings. The van der Waals surface area contributed by atoms with Gasteiger partial charge < -0.3 is 19.3 Å². The van der Waals surface area contributed by atoms with Crippen LogP contribution in [0.15, 0.2) is 42.5 Å². The van der Waals surface area contributed by atoms with E-state index in [0.29, 0.717) is 38.1 Å². The van der Waals surface area contributed by atoms with Crippen LogP contribution in [0, 0.1) is 0 Å². The number of nitrogens with zero attached hydrogens (tertiary/aromatic N) is 2. The first kappa shape index (κ1) is 20.3. The molecule has 158 valence electrons. The van der Waals surface area contributed by atoms with Gasteiger partial charge in [0.1, 0.15) is 18.1 Å². The van der Waals surface area contributed by atoms with Gasteiger partial charge in [-0.05, 0) is 55.2 Å². The lowest BCUT2D eigenvalue weighted by Gasteiger charge is -2.20. The number of aryl methyl sites for hydroxylation is 1. The number of rotatable bonds is 5. The van der Waals surface area contributed by atoms with Gasteiger partial charge in [-0.25, -0.2) is 0 Å². The summed E-state index contributed by atoms with van der Waals surface area (Å²) >= 11 is 0. The number of fused-ring (bicyclic) bond motifs is 1. The summed E-state index contributed by atoms with van der Waals surface area (Å²) in [5, 5.41) is 0. The Hall–Kier alpha value is -3.02. The van der Waals surface area contributed by atoms with Crippen LogP contribution in [0.2, 0.25) is 0 Å². The second-order valence-corrected chi connectivity index (χ2v) is 7.83. The first-order valence-corrected chi connectivity index (χ1v) is 10.6. The summed E-state index contributed by atoms with van der Waals surface area (Å²) < 4.78 is 11.0. The van der Waals surface area contributed by atoms with Crippen LogP contribution in [0.5, 0.6) is 11.5 Å². The zero-order valence-electron chi connectivity index (χ0n) is 17.4. The first-order valence-electron chi connectivity index (χ1n) is 10.6. The maximum Gasteiger partial charge on any atom is 0.254 e. The number of likely N-dealkylation sites (tertiary alicyclic amines) is 1. The summed E-state index contributed by atoms with van der Waals surface area (Å²) in [7, 11) is 1.61. The maximum atomic E-state index is 13.0. The lowest BCUT2D eigenvalue weighted by Crippen LogP contribution is -2.32. The molecule has 0 aromatic heterocycles. The van der Waals surface area contributed by atoms with Gasteiger partial charge in [-0.3, -0.25) is 9.59 Å². The molecule has 0 atom stereocenters. The molecule has 1 fully saturated rings. The van der Waals surface area contributed by atoms with E-state index in [1.54, 1.807) is 31.4 Å². The predicted octanol–water partition coefficient (Wildman–Crippen LogP) is 3.29. The quantitative estimate of drug-likeness (QED) is 0.762. The van der Waals surface area contributed by atoms with Crippen LogP contribution in [-0.4, -0.2) is 55.0 Å². The molecule has 0 bridgehead atoms. The summed E-state index contributed by atoms with van der Waals surface area (Å²) in [6.07, 6.45) is 3.45. The largest absolute Gasteiger partial charge is 0.497 e. The average Bonchev–Trinajstić information content (AvgIpc) is 3.24. The third-order valence-corrected chi connectivity index (χ3v) is 5.82. The van der Waals surface area contributed by atoms with Crippen LogP contribution in [0.25, 0.3) is 0 Å². The minimum Gasteiger partial charge on any atom is -0.497 e. The number of methoxy groups -OCH3 is 1. The Bertz CT molecular complexity index is 904. The molecule has 0 aliphatic carbocycles. The summed E-state index contributed by atoms with van der Waals surface area (Å²) in [6, 6.07) is 13.2. The fourth-order valence-electron chi connectivity index (χ4n) is 4.07. The van der Waals surface area contributed by atoms with Crippen LogP contribution in [0.4, 0.5) is 0 Å². The van der Waals surface area contributed by atoms with Crippen molar-refractivity contribution in [1.82, 2.24) is 9.80 Å². The zero-order valence-corrected chi connectivity index (χ0v) is 17.4. The van der Waals surface area contributed by atoms with Gasteiger partial charge in [-0.2, -0.15) is 0 Å². The Labute approximate surface area is 177 Å². The van der Waals surface area contributed by atoms with E-state index in [1.807, 2.05) is 21.9 Å². The van der Waals surface area contributed by atoms with Crippen molar-refractivity contribution in [1.29, 1.82) is 0 Å². The highest BCUT2D eigenvalue weighted by Gasteiger charge is 2.22. The van der Waals surface area contributed by atoms with Crippen molar-refractivity contribution in [3.8, 4) is 11.5 Å². The van der Waals surface area contributed by atoms with Crippen molar-refractivity contribution >= 4 is 11.8 Å². The van der Waals surface area contributed by atoms with Crippen LogP contribution in [0.1, 0.15) is 40.7 Å². The van der Waals surface area contributed by atoms with Crippen molar-refractivity contribution in [3.63, 3.8) is 0 Å². The van der Waals surface area contributed by atoms with Gasteiger partial charge in [0.25, 0.3) is 5.91 Å². The predicted molar refractivity (Wildman–Crippen MR) is 114 cm³/mol. The van der Waals surface area contributed by atoms with Crippen LogP contribution < -0.4 is 9.47 Å². The minimum absolute atomic E-state index is 0.0243. The summed E-state index contributed by atoms with van der Waals surface area (Å²) in [6.45, 7) is 3.26. The molecule has 0 saturated carbocycles. The smallest absolute Gasteiger partial charge is 0.254 e. The van der Waals surface area contributed by atoms with Gasteiger partial charge >= 0.3 is 0 Å². The number of carbonyl (C=O) groups is 2. The topological polar surface area (TPSA) is 59.1 Å². The fraction of sp³-hybridized carbons (Fsp3) is 0.417. The molecular weight excluding hydrogens is 380 g/mol. The molecule has 6 heteroatoms. The van der Waals surface area contributed by atoms with E-state index < -0.39 is 0 Å². The van der Waals surface area contributed by atoms with E-state index in [9.17, 15) is 9.59 Å². The van der Waals surface area contributed by atoms with Gasteiger partial charge in [-0.15, -0.1) is 0 Å². The van der Waals surface area contributed by atoms with Crippen molar-refractivity contribution < 1.29 is 19.1 Å². The number of benzene rings is 2. The SMILES string of the molecule is COc1ccc(C(=O)N2CCOc3ccc(CCC(=O)N4CCCC4)cc3C2)cc1. The number of carbonyl (C=O) groups excluding carboxylic acids is 2. The van der Waals surface area contributed by atoms with Crippen LogP contribution >= 0.6 is 0 Å². The van der Waals surface area contributed by atoms with Crippen molar-refractivity contribution in [2.24, 2.45) is 0 Å². The van der Waals surface area contributed by atoms with Gasteiger partial charge in [0, 0.05) is 37.2 Å². The molecular formula is C24H28N2O4. The Morgan fingerprint density at radius 2 is 1.77 bits per heavy atom. The standard InChI is InChI=1S/C24H28N2O4/c1-29-21-8-6-19(7-9-21)24(28)26-14-15-30-22-10-4-18(16-20(22)17-26)5-11-23(27)25-12-2-3-13-25/h4,6-10,16H,2-3,5,11-15,17H2,1H3. The number of ether oxygens (including phenoxy) is 2. The first-order chi connectivity index (χ1) is 14.6. The Morgan fingerprint density at radius 3 is 2.50 bits per heavy atom. The van der Waals surface area contributed by atoms with Gasteiger partial charge in [0.05, 0.1) is 13.7 Å². The Kier molecular flexibility index (Phi) is 6.21. The lowest BCUT2D eigenvalue weighted by atomic mass is 10.0. The molecule has 6 nitrogen and oxygen atoms in total. The third kappa shape index (κ3) is 4.58. The molecule has 0 N–H and O–H groups in total. The van der Waals surface area contributed by atoms with E-state index in [-0.39, 0.29) is 11.8 Å². The molecule has 1 saturated heterocycles. The molecule has 2 aromatic rings. The molecule has 2 heterocycles. The van der Waals surface area contributed by atoms with Crippen molar-refractivity contribution in [2.45, 2.75) is 32.2 Å². The second-order valence-electron chi connectivity index (χ2n) is 7.83. The Balaban J connectivity index is 1.44. The van der Waals surface area contributed by atoms with E-state index in [0.717, 1.165) is 48.6 Å². The normalized spacial score (nSPS) is 15.9.